The highest BCUT2D eigenvalue weighted by Gasteiger charge is 2.02. The van der Waals surface area contributed by atoms with Crippen LogP contribution >= 0.6 is 11.8 Å². The van der Waals surface area contributed by atoms with E-state index in [2.05, 4.69) is 6.07 Å². The second kappa shape index (κ2) is 4.45. The average molecular weight is 219 g/mol. The fourth-order valence-electron chi connectivity index (χ4n) is 1.37. The SMILES string of the molecule is Cc1occc1SCc1cccc(N)c1. The fraction of sp³-hybridized carbons (Fsp3) is 0.167. The van der Waals surface area contributed by atoms with Crippen LogP contribution in [0.1, 0.15) is 11.3 Å². The molecule has 0 saturated heterocycles. The summed E-state index contributed by atoms with van der Waals surface area (Å²) >= 11 is 1.77. The summed E-state index contributed by atoms with van der Waals surface area (Å²) in [7, 11) is 0. The molecule has 2 nitrogen and oxygen atoms in total. The average Bonchev–Trinajstić information content (AvgIpc) is 2.61. The molecule has 0 saturated carbocycles. The van der Waals surface area contributed by atoms with Crippen molar-refractivity contribution in [3.8, 4) is 0 Å². The molecule has 0 aliphatic carbocycles. The van der Waals surface area contributed by atoms with Gasteiger partial charge >= 0.3 is 0 Å². The predicted molar refractivity (Wildman–Crippen MR) is 63.9 cm³/mol. The Morgan fingerprint density at radius 2 is 2.20 bits per heavy atom. The monoisotopic (exact) mass is 219 g/mol. The number of nitrogens with two attached hydrogens (primary N) is 1. The third-order valence-electron chi connectivity index (χ3n) is 2.16. The van der Waals surface area contributed by atoms with E-state index in [1.807, 2.05) is 31.2 Å². The van der Waals surface area contributed by atoms with Gasteiger partial charge in [0.2, 0.25) is 0 Å². The first-order valence-electron chi connectivity index (χ1n) is 4.77. The lowest BCUT2D eigenvalue weighted by Gasteiger charge is -2.01. The number of furan rings is 1. The van der Waals surface area contributed by atoms with Crippen molar-refractivity contribution in [1.29, 1.82) is 0 Å². The van der Waals surface area contributed by atoms with E-state index in [0.29, 0.717) is 0 Å². The Kier molecular flexibility index (Phi) is 3.02. The minimum Gasteiger partial charge on any atom is -0.468 e. The van der Waals surface area contributed by atoms with Crippen molar-refractivity contribution in [3.63, 3.8) is 0 Å². The second-order valence-corrected chi connectivity index (χ2v) is 4.39. The molecule has 78 valence electrons. The number of anilines is 1. The molecule has 0 unspecified atom stereocenters. The number of benzene rings is 1. The van der Waals surface area contributed by atoms with Crippen molar-refractivity contribution in [2.75, 3.05) is 5.73 Å². The van der Waals surface area contributed by atoms with Crippen molar-refractivity contribution in [2.24, 2.45) is 0 Å². The van der Waals surface area contributed by atoms with Crippen LogP contribution in [0.5, 0.6) is 0 Å². The van der Waals surface area contributed by atoms with Gasteiger partial charge in [-0.25, -0.2) is 0 Å². The third kappa shape index (κ3) is 2.57. The zero-order chi connectivity index (χ0) is 10.7. The summed E-state index contributed by atoms with van der Waals surface area (Å²) in [4.78, 5) is 1.19. The van der Waals surface area contributed by atoms with Gasteiger partial charge in [0, 0.05) is 16.3 Å². The highest BCUT2D eigenvalue weighted by molar-refractivity contribution is 7.98. The first-order chi connectivity index (χ1) is 7.25. The molecule has 1 heterocycles. The Morgan fingerprint density at radius 3 is 2.87 bits per heavy atom. The maximum absolute atomic E-state index is 5.71. The van der Waals surface area contributed by atoms with Gasteiger partial charge in [-0.05, 0) is 30.7 Å². The Balaban J connectivity index is 2.02. The van der Waals surface area contributed by atoms with E-state index in [-0.39, 0.29) is 0 Å². The van der Waals surface area contributed by atoms with Crippen molar-refractivity contribution in [2.45, 2.75) is 17.6 Å². The van der Waals surface area contributed by atoms with Gasteiger partial charge in [-0.3, -0.25) is 0 Å². The van der Waals surface area contributed by atoms with Crippen LogP contribution in [0, 0.1) is 6.92 Å². The van der Waals surface area contributed by atoms with Crippen molar-refractivity contribution in [1.82, 2.24) is 0 Å². The molecule has 2 aromatic rings. The zero-order valence-corrected chi connectivity index (χ0v) is 9.38. The van der Waals surface area contributed by atoms with Crippen LogP contribution < -0.4 is 5.73 Å². The molecular weight excluding hydrogens is 206 g/mol. The molecule has 0 aliphatic rings. The summed E-state index contributed by atoms with van der Waals surface area (Å²) in [5.41, 5.74) is 7.76. The third-order valence-corrected chi connectivity index (χ3v) is 3.37. The number of thioether (sulfide) groups is 1. The molecule has 3 heteroatoms. The predicted octanol–water partition coefficient (Wildman–Crippen LogP) is 3.46. The van der Waals surface area contributed by atoms with Gasteiger partial charge in [0.1, 0.15) is 5.76 Å². The topological polar surface area (TPSA) is 39.2 Å². The van der Waals surface area contributed by atoms with Crippen molar-refractivity contribution < 1.29 is 4.42 Å². The highest BCUT2D eigenvalue weighted by atomic mass is 32.2. The summed E-state index contributed by atoms with van der Waals surface area (Å²) < 4.78 is 5.23. The molecule has 1 aromatic carbocycles. The van der Waals surface area contributed by atoms with Crippen LogP contribution in [-0.4, -0.2) is 0 Å². The molecule has 0 atom stereocenters. The van der Waals surface area contributed by atoms with E-state index >= 15 is 0 Å². The Labute approximate surface area is 93.5 Å². The Hall–Kier alpha value is -1.35. The lowest BCUT2D eigenvalue weighted by Crippen LogP contribution is -1.86. The summed E-state index contributed by atoms with van der Waals surface area (Å²) in [5.74, 6) is 1.90. The number of hydrogen-bond acceptors (Lipinski definition) is 3. The minimum atomic E-state index is 0.817. The van der Waals surface area contributed by atoms with Crippen molar-refractivity contribution in [3.05, 3.63) is 47.9 Å². The Morgan fingerprint density at radius 1 is 1.33 bits per heavy atom. The lowest BCUT2D eigenvalue weighted by atomic mass is 10.2. The summed E-state index contributed by atoms with van der Waals surface area (Å²) in [6.07, 6.45) is 1.72. The maximum atomic E-state index is 5.71. The molecule has 0 fully saturated rings. The van der Waals surface area contributed by atoms with Gasteiger partial charge in [-0.2, -0.15) is 0 Å². The van der Waals surface area contributed by atoms with E-state index in [1.54, 1.807) is 18.0 Å². The molecule has 0 amide bonds. The fourth-order valence-corrected chi connectivity index (χ4v) is 2.27. The van der Waals surface area contributed by atoms with E-state index in [4.69, 9.17) is 10.2 Å². The Bertz CT molecular complexity index is 450. The van der Waals surface area contributed by atoms with Gasteiger partial charge in [0.15, 0.2) is 0 Å². The van der Waals surface area contributed by atoms with Gasteiger partial charge in [-0.15, -0.1) is 11.8 Å². The first kappa shape index (κ1) is 10.2. The maximum Gasteiger partial charge on any atom is 0.114 e. The summed E-state index contributed by atoms with van der Waals surface area (Å²) in [6.45, 7) is 1.97. The highest BCUT2D eigenvalue weighted by Crippen LogP contribution is 2.26. The van der Waals surface area contributed by atoms with Gasteiger partial charge < -0.3 is 10.2 Å². The molecule has 0 radical (unpaired) electrons. The van der Waals surface area contributed by atoms with E-state index in [9.17, 15) is 0 Å². The van der Waals surface area contributed by atoms with E-state index < -0.39 is 0 Å². The molecule has 0 aliphatic heterocycles. The number of nitrogen functional groups attached to an aromatic ring is 1. The summed E-state index contributed by atoms with van der Waals surface area (Å²) in [6, 6.07) is 9.96. The van der Waals surface area contributed by atoms with Gasteiger partial charge in [-0.1, -0.05) is 12.1 Å². The smallest absolute Gasteiger partial charge is 0.114 e. The van der Waals surface area contributed by atoms with Crippen LogP contribution in [0.15, 0.2) is 45.9 Å². The molecule has 1 aromatic heterocycles. The van der Waals surface area contributed by atoms with E-state index in [0.717, 1.165) is 17.2 Å². The quantitative estimate of drug-likeness (QED) is 0.634. The number of aryl methyl sites for hydroxylation is 1. The second-order valence-electron chi connectivity index (χ2n) is 3.37. The van der Waals surface area contributed by atoms with Gasteiger partial charge in [0.05, 0.1) is 6.26 Å². The van der Waals surface area contributed by atoms with Crippen LogP contribution in [0.25, 0.3) is 0 Å². The van der Waals surface area contributed by atoms with Gasteiger partial charge in [0.25, 0.3) is 0 Å². The molecule has 0 spiro atoms. The summed E-state index contributed by atoms with van der Waals surface area (Å²) in [5, 5.41) is 0. The number of hydrogen-bond donors (Lipinski definition) is 1. The number of rotatable bonds is 3. The van der Waals surface area contributed by atoms with Crippen LogP contribution in [0.4, 0.5) is 5.69 Å². The standard InChI is InChI=1S/C12H13NOS/c1-9-12(5-6-14-9)15-8-10-3-2-4-11(13)7-10/h2-7H,8,13H2,1H3. The largest absolute Gasteiger partial charge is 0.468 e. The normalized spacial score (nSPS) is 10.5. The van der Waals surface area contributed by atoms with Crippen LogP contribution in [0.2, 0.25) is 0 Å². The molecule has 2 rings (SSSR count). The van der Waals surface area contributed by atoms with Crippen molar-refractivity contribution >= 4 is 17.4 Å². The molecular formula is C12H13NOS. The lowest BCUT2D eigenvalue weighted by molar-refractivity contribution is 0.527. The molecule has 0 bridgehead atoms. The first-order valence-corrected chi connectivity index (χ1v) is 5.75. The molecule has 2 N–H and O–H groups in total. The van der Waals surface area contributed by atoms with Crippen LogP contribution in [0.3, 0.4) is 0 Å². The minimum absolute atomic E-state index is 0.817. The van der Waals surface area contributed by atoms with E-state index in [1.165, 1.54) is 10.5 Å². The molecule has 15 heavy (non-hydrogen) atoms. The van der Waals surface area contributed by atoms with Crippen LogP contribution in [-0.2, 0) is 5.75 Å². The zero-order valence-electron chi connectivity index (χ0n) is 8.57.